The van der Waals surface area contributed by atoms with Crippen molar-refractivity contribution in [2.24, 2.45) is 0 Å². The summed E-state index contributed by atoms with van der Waals surface area (Å²) in [5, 5.41) is 0.361. The zero-order valence-electron chi connectivity index (χ0n) is 13.0. The lowest BCUT2D eigenvalue weighted by Gasteiger charge is -2.11. The molecule has 0 aliphatic heterocycles. The first-order valence-electron chi connectivity index (χ1n) is 6.23. The number of carbonyl (C=O) groups is 1. The fourth-order valence-corrected chi connectivity index (χ4v) is 4.00. The molecule has 122 valence electrons. The second-order valence-corrected chi connectivity index (χ2v) is 6.45. The first-order chi connectivity index (χ1) is 10.6. The first-order valence-corrected chi connectivity index (χ1v) is 9.50. The monoisotopic (exact) mass is 362 g/mol. The predicted molar refractivity (Wildman–Crippen MR) is 91.7 cm³/mol. The number of rotatable bonds is 8. The van der Waals surface area contributed by atoms with Crippen molar-refractivity contribution >= 4 is 41.3 Å². The molecule has 1 aromatic rings. The van der Waals surface area contributed by atoms with Gasteiger partial charge in [-0.05, 0) is 31.2 Å². The number of hydrogen-bond acceptors (Lipinski definition) is 9. The maximum Gasteiger partial charge on any atom is 0.346 e. The van der Waals surface area contributed by atoms with E-state index in [2.05, 4.69) is 9.97 Å². The fourth-order valence-electron chi connectivity index (χ4n) is 1.36. The predicted octanol–water partition coefficient (Wildman–Crippen LogP) is 3.04. The van der Waals surface area contributed by atoms with Crippen LogP contribution in [0, 0.1) is 0 Å². The fraction of sp³-hybridized carbons (Fsp3) is 0.462. The van der Waals surface area contributed by atoms with E-state index in [4.69, 9.17) is 14.2 Å². The minimum absolute atomic E-state index is 0.307. The van der Waals surface area contributed by atoms with Gasteiger partial charge in [0.2, 0.25) is 11.8 Å². The molecule has 0 bridgehead atoms. The van der Waals surface area contributed by atoms with Crippen molar-refractivity contribution in [1.29, 1.82) is 0 Å². The molecule has 0 aromatic carbocycles. The topological polar surface area (TPSA) is 70.5 Å². The Morgan fingerprint density at radius 2 is 1.68 bits per heavy atom. The SMILES string of the molecule is CCOC(=O)C(Sc1nc(OC)cc(OC)n1)=C(SC)SC. The summed E-state index contributed by atoms with van der Waals surface area (Å²) in [5.41, 5.74) is 0. The Bertz CT molecular complexity index is 524. The molecular formula is C13H18N2O4S3. The molecule has 0 radical (unpaired) electrons. The van der Waals surface area contributed by atoms with Gasteiger partial charge in [0.15, 0.2) is 5.16 Å². The molecule has 1 rings (SSSR count). The lowest BCUT2D eigenvalue weighted by Crippen LogP contribution is -2.07. The summed E-state index contributed by atoms with van der Waals surface area (Å²) in [5.74, 6) is 0.344. The molecule has 0 N–H and O–H groups in total. The molecule has 1 aromatic heterocycles. The average Bonchev–Trinajstić information content (AvgIpc) is 2.54. The smallest absolute Gasteiger partial charge is 0.346 e. The molecule has 0 saturated carbocycles. The second-order valence-electron chi connectivity index (χ2n) is 3.58. The number of esters is 1. The van der Waals surface area contributed by atoms with Crippen molar-refractivity contribution < 1.29 is 19.0 Å². The number of nitrogens with zero attached hydrogens (tertiary/aromatic N) is 2. The molecule has 1 heterocycles. The Labute approximate surface area is 142 Å². The van der Waals surface area contributed by atoms with Crippen LogP contribution in [0.4, 0.5) is 0 Å². The van der Waals surface area contributed by atoms with E-state index in [1.54, 1.807) is 13.0 Å². The van der Waals surface area contributed by atoms with Crippen LogP contribution in [0.1, 0.15) is 6.92 Å². The van der Waals surface area contributed by atoms with Crippen molar-refractivity contribution in [3.63, 3.8) is 0 Å². The Kier molecular flexibility index (Phi) is 8.51. The van der Waals surface area contributed by atoms with Crippen molar-refractivity contribution in [3.05, 3.63) is 15.2 Å². The largest absolute Gasteiger partial charge is 0.481 e. The summed E-state index contributed by atoms with van der Waals surface area (Å²) in [6, 6.07) is 1.57. The van der Waals surface area contributed by atoms with Crippen LogP contribution in [0.3, 0.4) is 0 Å². The van der Waals surface area contributed by atoms with E-state index in [0.717, 1.165) is 16.0 Å². The van der Waals surface area contributed by atoms with Crippen LogP contribution in [0.25, 0.3) is 0 Å². The minimum atomic E-state index is -0.392. The Balaban J connectivity index is 3.19. The zero-order valence-corrected chi connectivity index (χ0v) is 15.5. The third kappa shape index (κ3) is 5.29. The zero-order chi connectivity index (χ0) is 16.5. The van der Waals surface area contributed by atoms with Gasteiger partial charge in [0.25, 0.3) is 0 Å². The van der Waals surface area contributed by atoms with Gasteiger partial charge in [-0.15, -0.1) is 23.5 Å². The molecule has 0 unspecified atom stereocenters. The minimum Gasteiger partial charge on any atom is -0.481 e. The number of aromatic nitrogens is 2. The lowest BCUT2D eigenvalue weighted by atomic mass is 10.6. The number of ether oxygens (including phenoxy) is 3. The molecule has 0 aliphatic rings. The van der Waals surface area contributed by atoms with Gasteiger partial charge >= 0.3 is 5.97 Å². The van der Waals surface area contributed by atoms with Gasteiger partial charge in [-0.25, -0.2) is 4.79 Å². The van der Waals surface area contributed by atoms with Gasteiger partial charge in [-0.2, -0.15) is 9.97 Å². The van der Waals surface area contributed by atoms with E-state index in [1.165, 1.54) is 37.7 Å². The standard InChI is InChI=1S/C13H18N2O4S3/c1-6-19-11(16)10(12(20-4)21-5)22-13-14-8(17-2)7-9(15-13)18-3/h7H,6H2,1-5H3. The molecule has 0 fully saturated rings. The van der Waals surface area contributed by atoms with Crippen LogP contribution in [0.5, 0.6) is 11.8 Å². The van der Waals surface area contributed by atoms with Crippen LogP contribution in [0.2, 0.25) is 0 Å². The highest BCUT2D eigenvalue weighted by atomic mass is 32.2. The highest BCUT2D eigenvalue weighted by Gasteiger charge is 2.20. The van der Waals surface area contributed by atoms with E-state index >= 15 is 0 Å². The van der Waals surface area contributed by atoms with Crippen molar-refractivity contribution in [2.75, 3.05) is 33.3 Å². The van der Waals surface area contributed by atoms with E-state index in [1.807, 2.05) is 12.5 Å². The first kappa shape index (κ1) is 19.0. The number of methoxy groups -OCH3 is 2. The van der Waals surface area contributed by atoms with Crippen LogP contribution < -0.4 is 9.47 Å². The molecule has 6 nitrogen and oxygen atoms in total. The molecular weight excluding hydrogens is 344 g/mol. The van der Waals surface area contributed by atoms with E-state index in [0.29, 0.717) is 28.4 Å². The highest BCUT2D eigenvalue weighted by Crippen LogP contribution is 2.37. The number of carbonyl (C=O) groups excluding carboxylic acids is 1. The third-order valence-electron chi connectivity index (χ3n) is 2.29. The normalized spacial score (nSPS) is 10.0. The molecule has 0 aliphatic carbocycles. The maximum absolute atomic E-state index is 12.2. The molecule has 22 heavy (non-hydrogen) atoms. The summed E-state index contributed by atoms with van der Waals surface area (Å²) < 4.78 is 16.2. The molecule has 0 atom stereocenters. The van der Waals surface area contributed by atoms with E-state index in [9.17, 15) is 4.79 Å². The van der Waals surface area contributed by atoms with Crippen LogP contribution in [-0.4, -0.2) is 49.3 Å². The summed E-state index contributed by atoms with van der Waals surface area (Å²) in [7, 11) is 3.01. The van der Waals surface area contributed by atoms with Gasteiger partial charge in [0.05, 0.1) is 31.1 Å². The van der Waals surface area contributed by atoms with Crippen molar-refractivity contribution in [3.8, 4) is 11.8 Å². The Morgan fingerprint density at radius 3 is 2.09 bits per heavy atom. The lowest BCUT2D eigenvalue weighted by molar-refractivity contribution is -0.137. The Morgan fingerprint density at radius 1 is 1.14 bits per heavy atom. The second kappa shape index (κ2) is 9.86. The average molecular weight is 362 g/mol. The summed E-state index contributed by atoms with van der Waals surface area (Å²) in [6.45, 7) is 2.07. The van der Waals surface area contributed by atoms with Gasteiger partial charge in [-0.1, -0.05) is 0 Å². The van der Waals surface area contributed by atoms with Crippen molar-refractivity contribution in [1.82, 2.24) is 9.97 Å². The molecule has 0 saturated heterocycles. The third-order valence-corrected chi connectivity index (χ3v) is 5.64. The Hall–Kier alpha value is -1.06. The number of hydrogen-bond donors (Lipinski definition) is 0. The maximum atomic E-state index is 12.2. The van der Waals surface area contributed by atoms with Gasteiger partial charge in [-0.3, -0.25) is 0 Å². The van der Waals surface area contributed by atoms with Crippen LogP contribution in [0.15, 0.2) is 20.4 Å². The van der Waals surface area contributed by atoms with Crippen molar-refractivity contribution in [2.45, 2.75) is 12.1 Å². The molecule has 0 spiro atoms. The summed E-state index contributed by atoms with van der Waals surface area (Å²) in [4.78, 5) is 21.1. The summed E-state index contributed by atoms with van der Waals surface area (Å²) in [6.07, 6.45) is 3.80. The molecule has 0 amide bonds. The van der Waals surface area contributed by atoms with Crippen LogP contribution in [-0.2, 0) is 9.53 Å². The number of thioether (sulfide) groups is 3. The van der Waals surface area contributed by atoms with Crippen LogP contribution >= 0.6 is 35.3 Å². The van der Waals surface area contributed by atoms with Gasteiger partial charge in [0, 0.05) is 0 Å². The van der Waals surface area contributed by atoms with E-state index in [-0.39, 0.29) is 0 Å². The van der Waals surface area contributed by atoms with Gasteiger partial charge < -0.3 is 14.2 Å². The summed E-state index contributed by atoms with van der Waals surface area (Å²) >= 11 is 4.08. The highest BCUT2D eigenvalue weighted by molar-refractivity contribution is 8.22. The quantitative estimate of drug-likeness (QED) is 0.300. The van der Waals surface area contributed by atoms with E-state index < -0.39 is 5.97 Å². The van der Waals surface area contributed by atoms with Gasteiger partial charge in [0.1, 0.15) is 4.91 Å². The molecule has 9 heteroatoms.